The lowest BCUT2D eigenvalue weighted by atomic mass is 9.97. The van der Waals surface area contributed by atoms with Crippen LogP contribution in [-0.4, -0.2) is 40.1 Å². The van der Waals surface area contributed by atoms with Gasteiger partial charge in [0.2, 0.25) is 5.95 Å². The standard InChI is InChI=1S/C29H33N5O5/c1-19-12-14-38-18-21-15-22(8-10-27(21)39-23-5-3-2-4-6-23)32-29-30-13-11-25(33-29)24-9-7-20(28(35)31-17-19)16-26(24)34(36)37/h7-11,13,15-16,19,23H,2-6,12,14,17-18H2,1H3,(H,31,35)(H,30,32,33). The molecule has 2 aliphatic heterocycles. The van der Waals surface area contributed by atoms with E-state index in [0.717, 1.165) is 36.3 Å². The summed E-state index contributed by atoms with van der Waals surface area (Å²) in [7, 11) is 0. The van der Waals surface area contributed by atoms with Crippen LogP contribution in [0.25, 0.3) is 11.3 Å². The van der Waals surface area contributed by atoms with E-state index in [1.54, 1.807) is 24.4 Å². The number of nitrogens with one attached hydrogen (secondary N) is 2. The van der Waals surface area contributed by atoms with Crippen LogP contribution in [0.5, 0.6) is 5.75 Å². The maximum absolute atomic E-state index is 12.7. The van der Waals surface area contributed by atoms with Gasteiger partial charge in [0.15, 0.2) is 0 Å². The summed E-state index contributed by atoms with van der Waals surface area (Å²) in [5.41, 5.74) is 2.38. The molecular weight excluding hydrogens is 498 g/mol. The van der Waals surface area contributed by atoms with Gasteiger partial charge in [-0.2, -0.15) is 0 Å². The average molecular weight is 532 g/mol. The van der Waals surface area contributed by atoms with Crippen molar-refractivity contribution >= 4 is 23.2 Å². The molecule has 0 radical (unpaired) electrons. The molecule has 1 aromatic heterocycles. The van der Waals surface area contributed by atoms with Crippen molar-refractivity contribution in [3.05, 3.63) is 69.9 Å². The summed E-state index contributed by atoms with van der Waals surface area (Å²) in [5.74, 6) is 0.904. The van der Waals surface area contributed by atoms with Gasteiger partial charge in [-0.1, -0.05) is 13.3 Å². The van der Waals surface area contributed by atoms with E-state index in [4.69, 9.17) is 9.47 Å². The van der Waals surface area contributed by atoms with Crippen molar-refractivity contribution < 1.29 is 19.2 Å². The molecule has 2 N–H and O–H groups in total. The number of fused-ring (bicyclic) bond motifs is 9. The second-order valence-corrected chi connectivity index (χ2v) is 10.2. The van der Waals surface area contributed by atoms with Crippen molar-refractivity contribution in [3.8, 4) is 17.0 Å². The Labute approximate surface area is 227 Å². The minimum Gasteiger partial charge on any atom is -0.490 e. The number of carbonyl (C=O) groups excluding carboxylic acids is 1. The third kappa shape index (κ3) is 6.69. The Kier molecular flexibility index (Phi) is 8.31. The Bertz CT molecular complexity index is 1340. The average Bonchev–Trinajstić information content (AvgIpc) is 2.95. The molecule has 2 aromatic carbocycles. The lowest BCUT2D eigenvalue weighted by Crippen LogP contribution is -2.28. The highest BCUT2D eigenvalue weighted by Gasteiger charge is 2.21. The van der Waals surface area contributed by atoms with Crippen LogP contribution < -0.4 is 15.4 Å². The Morgan fingerprint density at radius 3 is 2.74 bits per heavy atom. The predicted molar refractivity (Wildman–Crippen MR) is 147 cm³/mol. The molecule has 1 saturated carbocycles. The monoisotopic (exact) mass is 531 g/mol. The number of rotatable bonds is 3. The number of aromatic nitrogens is 2. The second kappa shape index (κ2) is 12.2. The van der Waals surface area contributed by atoms with Crippen LogP contribution in [0.1, 0.15) is 61.4 Å². The summed E-state index contributed by atoms with van der Waals surface area (Å²) >= 11 is 0. The highest BCUT2D eigenvalue weighted by atomic mass is 16.6. The molecule has 1 atom stereocenters. The zero-order chi connectivity index (χ0) is 27.2. The van der Waals surface area contributed by atoms with E-state index >= 15 is 0 Å². The normalized spacial score (nSPS) is 18.7. The quantitative estimate of drug-likeness (QED) is 0.321. The van der Waals surface area contributed by atoms with Gasteiger partial charge < -0.3 is 20.1 Å². The molecular formula is C29H33N5O5. The van der Waals surface area contributed by atoms with Crippen molar-refractivity contribution in [3.63, 3.8) is 0 Å². The summed E-state index contributed by atoms with van der Waals surface area (Å²) in [5, 5.41) is 18.0. The zero-order valence-corrected chi connectivity index (χ0v) is 22.0. The van der Waals surface area contributed by atoms with E-state index in [2.05, 4.69) is 20.6 Å². The highest BCUT2D eigenvalue weighted by molar-refractivity contribution is 5.96. The van der Waals surface area contributed by atoms with Crippen molar-refractivity contribution in [2.45, 2.75) is 58.2 Å². The Hall–Kier alpha value is -4.05. The van der Waals surface area contributed by atoms with Crippen LogP contribution in [0.4, 0.5) is 17.3 Å². The molecule has 204 valence electrons. The van der Waals surface area contributed by atoms with Gasteiger partial charge in [-0.15, -0.1) is 0 Å². The molecule has 0 spiro atoms. The van der Waals surface area contributed by atoms with Crippen molar-refractivity contribution in [2.75, 3.05) is 18.5 Å². The van der Waals surface area contributed by atoms with E-state index in [1.165, 1.54) is 25.3 Å². The van der Waals surface area contributed by atoms with Gasteiger partial charge in [-0.05, 0) is 74.4 Å². The molecule has 1 aliphatic carbocycles. The summed E-state index contributed by atoms with van der Waals surface area (Å²) < 4.78 is 12.4. The first-order valence-corrected chi connectivity index (χ1v) is 13.5. The predicted octanol–water partition coefficient (Wildman–Crippen LogP) is 5.79. The first-order chi connectivity index (χ1) is 19.0. The van der Waals surface area contributed by atoms with E-state index in [-0.39, 0.29) is 29.2 Å². The smallest absolute Gasteiger partial charge is 0.279 e. The molecule has 1 unspecified atom stereocenters. The van der Waals surface area contributed by atoms with Gasteiger partial charge in [0.25, 0.3) is 11.6 Å². The first kappa shape index (κ1) is 26.6. The molecule has 0 saturated heterocycles. The maximum Gasteiger partial charge on any atom is 0.279 e. The maximum atomic E-state index is 12.7. The Morgan fingerprint density at radius 1 is 1.08 bits per heavy atom. The number of anilines is 2. The van der Waals surface area contributed by atoms with E-state index < -0.39 is 4.92 Å². The van der Waals surface area contributed by atoms with Gasteiger partial charge in [-0.25, -0.2) is 9.97 Å². The molecule has 3 aliphatic rings. The lowest BCUT2D eigenvalue weighted by molar-refractivity contribution is -0.384. The van der Waals surface area contributed by atoms with Gasteiger partial charge >= 0.3 is 0 Å². The van der Waals surface area contributed by atoms with Crippen LogP contribution in [0.2, 0.25) is 0 Å². The van der Waals surface area contributed by atoms with Gasteiger partial charge in [0.1, 0.15) is 5.75 Å². The van der Waals surface area contributed by atoms with E-state index in [0.29, 0.717) is 37.0 Å². The molecule has 39 heavy (non-hydrogen) atoms. The summed E-state index contributed by atoms with van der Waals surface area (Å²) in [6.45, 7) is 3.37. The Balaban J connectivity index is 1.48. The number of hydrogen-bond donors (Lipinski definition) is 2. The van der Waals surface area contributed by atoms with Crippen LogP contribution in [0.3, 0.4) is 0 Å². The van der Waals surface area contributed by atoms with Crippen LogP contribution in [0, 0.1) is 16.0 Å². The fraction of sp³-hybridized carbons (Fsp3) is 0.414. The molecule has 6 rings (SSSR count). The third-order valence-corrected chi connectivity index (χ3v) is 7.17. The fourth-order valence-electron chi connectivity index (χ4n) is 4.92. The minimum absolute atomic E-state index is 0.160. The van der Waals surface area contributed by atoms with E-state index in [9.17, 15) is 14.9 Å². The summed E-state index contributed by atoms with van der Waals surface area (Å²) in [6, 6.07) is 11.9. The highest BCUT2D eigenvalue weighted by Crippen LogP contribution is 2.32. The number of nitro benzene ring substituents is 1. The number of nitrogens with zero attached hydrogens (tertiary/aromatic N) is 3. The van der Waals surface area contributed by atoms with Crippen molar-refractivity contribution in [2.24, 2.45) is 5.92 Å². The lowest BCUT2D eigenvalue weighted by Gasteiger charge is -2.24. The van der Waals surface area contributed by atoms with Gasteiger partial charge in [-0.3, -0.25) is 14.9 Å². The second-order valence-electron chi connectivity index (χ2n) is 10.2. The van der Waals surface area contributed by atoms with Gasteiger partial charge in [0.05, 0.1) is 28.9 Å². The molecule has 6 bridgehead atoms. The van der Waals surface area contributed by atoms with Crippen molar-refractivity contribution in [1.82, 2.24) is 15.3 Å². The Morgan fingerprint density at radius 2 is 1.92 bits per heavy atom. The fourth-order valence-corrected chi connectivity index (χ4v) is 4.92. The molecule has 1 amide bonds. The van der Waals surface area contributed by atoms with Crippen LogP contribution in [0.15, 0.2) is 48.7 Å². The molecule has 3 aromatic rings. The SMILES string of the molecule is CC1CCOCc2cc(ccc2OC2CCCCC2)Nc2nccc(n2)-c2ccc(cc2[N+](=O)[O-])C(=O)NC1. The number of hydrogen-bond acceptors (Lipinski definition) is 8. The molecule has 10 nitrogen and oxygen atoms in total. The summed E-state index contributed by atoms with van der Waals surface area (Å²) in [6.07, 6.45) is 8.21. The molecule has 10 heteroatoms. The zero-order valence-electron chi connectivity index (χ0n) is 22.0. The molecule has 3 heterocycles. The number of ether oxygens (including phenoxy) is 2. The van der Waals surface area contributed by atoms with Crippen LogP contribution >= 0.6 is 0 Å². The number of amides is 1. The topological polar surface area (TPSA) is 129 Å². The first-order valence-electron chi connectivity index (χ1n) is 13.5. The van der Waals surface area contributed by atoms with E-state index in [1.807, 2.05) is 25.1 Å². The van der Waals surface area contributed by atoms with Crippen molar-refractivity contribution in [1.29, 1.82) is 0 Å². The van der Waals surface area contributed by atoms with Crippen LogP contribution in [-0.2, 0) is 11.3 Å². The minimum atomic E-state index is -0.499. The summed E-state index contributed by atoms with van der Waals surface area (Å²) in [4.78, 5) is 33.0. The van der Waals surface area contributed by atoms with Gasteiger partial charge in [0, 0.05) is 42.2 Å². The molecule has 1 fully saturated rings. The number of benzene rings is 2. The number of carbonyl (C=O) groups is 1. The largest absolute Gasteiger partial charge is 0.490 e. The third-order valence-electron chi connectivity index (χ3n) is 7.17. The number of nitro groups is 1.